The highest BCUT2D eigenvalue weighted by atomic mass is 32.3. The molecule has 0 saturated carbocycles. The van der Waals surface area contributed by atoms with Crippen LogP contribution in [0.25, 0.3) is 0 Å². The number of amidine groups is 1. The van der Waals surface area contributed by atoms with E-state index in [0.717, 1.165) is 31.4 Å². The molecule has 0 aliphatic carbocycles. The quantitative estimate of drug-likeness (QED) is 0.0280. The van der Waals surface area contributed by atoms with Crippen LogP contribution in [0.3, 0.4) is 0 Å². The van der Waals surface area contributed by atoms with Gasteiger partial charge in [-0.05, 0) is 58.4 Å². The zero-order chi connectivity index (χ0) is 37.6. The first-order valence-electron chi connectivity index (χ1n) is 17.5. The molecule has 0 spiro atoms. The van der Waals surface area contributed by atoms with Gasteiger partial charge in [0.15, 0.2) is 5.17 Å². The Morgan fingerprint density at radius 1 is 1.00 bits per heavy atom. The predicted octanol–water partition coefficient (Wildman–Crippen LogP) is 7.67. The molecule has 1 saturated heterocycles. The number of carbonyl (C=O) groups excluding carboxylic acids is 3. The van der Waals surface area contributed by atoms with E-state index in [0.29, 0.717) is 10.7 Å². The van der Waals surface area contributed by atoms with Gasteiger partial charge in [-0.25, -0.2) is 0 Å². The Kier molecular flexibility index (Phi) is 22.5. The maximum atomic E-state index is 13.2. The van der Waals surface area contributed by atoms with Gasteiger partial charge in [0.1, 0.15) is 10.9 Å². The molecule has 0 aromatic heterocycles. The number of rotatable bonds is 21. The molecule has 2 atom stereocenters. The van der Waals surface area contributed by atoms with Crippen molar-refractivity contribution < 1.29 is 36.3 Å². The molecule has 2 amide bonds. The lowest BCUT2D eigenvalue weighted by atomic mass is 10.1. The summed E-state index contributed by atoms with van der Waals surface area (Å²) in [5.74, 6) is -0.871. The van der Waals surface area contributed by atoms with Crippen LogP contribution in [-0.4, -0.2) is 83.5 Å². The third-order valence-corrected chi connectivity index (χ3v) is 10.2. The van der Waals surface area contributed by atoms with Crippen LogP contribution in [0.5, 0.6) is 0 Å². The van der Waals surface area contributed by atoms with Gasteiger partial charge in [0.2, 0.25) is 5.91 Å². The van der Waals surface area contributed by atoms with Gasteiger partial charge in [0.05, 0.1) is 19.1 Å². The monoisotopic (exact) mass is 758 g/mol. The van der Waals surface area contributed by atoms with E-state index in [-0.39, 0.29) is 36.8 Å². The standard InChI is InChI=1S/C34H54N4O4S2.CH4O4S/c1-6-7-8-9-10-11-12-13-14-15-16-17-24-38-26(2)30(32(41)36-23-22-29(39)42-34(3,4)5)44-33(38)37-31(40)27-18-20-28(21-19-27)43-25-35;1-5-6(2,3)4/h18-21,25-26,30,35H,6-17,22-24H2,1-5H3,(H,36,41);1H3,(H,2,3,4). The number of carbonyl (C=O) groups is 3. The average molecular weight is 759 g/mol. The third-order valence-electron chi connectivity index (χ3n) is 7.67. The first kappa shape index (κ1) is 45.6. The van der Waals surface area contributed by atoms with Crippen molar-refractivity contribution in [3.05, 3.63) is 29.8 Å². The van der Waals surface area contributed by atoms with E-state index in [4.69, 9.17) is 14.7 Å². The van der Waals surface area contributed by atoms with E-state index in [1.54, 1.807) is 24.3 Å². The van der Waals surface area contributed by atoms with Crippen molar-refractivity contribution in [2.24, 2.45) is 4.99 Å². The Hall–Kier alpha value is -2.46. The molecule has 284 valence electrons. The van der Waals surface area contributed by atoms with Crippen molar-refractivity contribution in [1.82, 2.24) is 10.2 Å². The molecule has 0 bridgehead atoms. The van der Waals surface area contributed by atoms with Crippen LogP contribution in [0, 0.1) is 5.41 Å². The van der Waals surface area contributed by atoms with Crippen molar-refractivity contribution in [3.63, 3.8) is 0 Å². The van der Waals surface area contributed by atoms with Crippen LogP contribution in [-0.2, 0) is 28.9 Å². The van der Waals surface area contributed by atoms with E-state index >= 15 is 0 Å². The molecule has 1 heterocycles. The van der Waals surface area contributed by atoms with Gasteiger partial charge >= 0.3 is 16.4 Å². The second-order valence-electron chi connectivity index (χ2n) is 13.0. The fourth-order valence-electron chi connectivity index (χ4n) is 5.08. The lowest BCUT2D eigenvalue weighted by molar-refractivity contribution is -0.154. The molecule has 0 radical (unpaired) electrons. The Balaban J connectivity index is 0.00000190. The highest BCUT2D eigenvalue weighted by Gasteiger charge is 2.40. The minimum atomic E-state index is -4.16. The van der Waals surface area contributed by atoms with Crippen molar-refractivity contribution in [1.29, 1.82) is 5.41 Å². The number of esters is 1. The number of nitrogens with zero attached hydrogens (tertiary/aromatic N) is 2. The number of unbranched alkanes of at least 4 members (excludes halogenated alkanes) is 11. The number of amides is 2. The van der Waals surface area contributed by atoms with Gasteiger partial charge in [0, 0.05) is 29.6 Å². The number of aliphatic imine (C=N–C) groups is 1. The summed E-state index contributed by atoms with van der Waals surface area (Å²) < 4.78 is 35.1. The molecule has 50 heavy (non-hydrogen) atoms. The summed E-state index contributed by atoms with van der Waals surface area (Å²) in [4.78, 5) is 45.8. The van der Waals surface area contributed by atoms with Gasteiger partial charge in [-0.2, -0.15) is 13.4 Å². The van der Waals surface area contributed by atoms with Gasteiger partial charge in [0.25, 0.3) is 5.91 Å². The van der Waals surface area contributed by atoms with Crippen molar-refractivity contribution >= 4 is 62.4 Å². The highest BCUT2D eigenvalue weighted by molar-refractivity contribution is 8.15. The van der Waals surface area contributed by atoms with Crippen LogP contribution in [0.15, 0.2) is 34.2 Å². The van der Waals surface area contributed by atoms with Gasteiger partial charge in [-0.15, -0.1) is 0 Å². The molecule has 1 aromatic carbocycles. The molecule has 3 N–H and O–H groups in total. The maximum Gasteiger partial charge on any atom is 0.397 e. The summed E-state index contributed by atoms with van der Waals surface area (Å²) in [7, 11) is -3.29. The van der Waals surface area contributed by atoms with Crippen LogP contribution in [0.1, 0.15) is 128 Å². The lowest BCUT2D eigenvalue weighted by Gasteiger charge is -2.25. The topological polar surface area (TPSA) is 176 Å². The first-order valence-corrected chi connectivity index (χ1v) is 20.6. The first-order chi connectivity index (χ1) is 23.6. The minimum Gasteiger partial charge on any atom is -0.460 e. The molecule has 1 aromatic rings. The molecule has 2 rings (SSSR count). The van der Waals surface area contributed by atoms with Gasteiger partial charge in [-0.3, -0.25) is 23.1 Å². The van der Waals surface area contributed by atoms with E-state index in [1.807, 2.05) is 27.7 Å². The Morgan fingerprint density at radius 2 is 1.52 bits per heavy atom. The summed E-state index contributed by atoms with van der Waals surface area (Å²) in [5, 5.41) is 10.3. The predicted molar refractivity (Wildman–Crippen MR) is 204 cm³/mol. The molecular formula is C35H58N4O8S3. The Morgan fingerprint density at radius 3 is 2.00 bits per heavy atom. The van der Waals surface area contributed by atoms with Crippen molar-refractivity contribution in [2.75, 3.05) is 20.2 Å². The number of ether oxygens (including phenoxy) is 1. The number of hydrogen-bond acceptors (Lipinski definition) is 10. The smallest absolute Gasteiger partial charge is 0.397 e. The van der Waals surface area contributed by atoms with Gasteiger partial charge < -0.3 is 20.4 Å². The van der Waals surface area contributed by atoms with E-state index in [1.165, 1.54) is 93.3 Å². The number of nitrogens with one attached hydrogen (secondary N) is 2. The highest BCUT2D eigenvalue weighted by Crippen LogP contribution is 2.33. The second-order valence-corrected chi connectivity index (χ2v) is 16.3. The molecule has 12 nitrogen and oxygen atoms in total. The van der Waals surface area contributed by atoms with E-state index < -0.39 is 21.2 Å². The number of thioether (sulfide) groups is 2. The van der Waals surface area contributed by atoms with E-state index in [9.17, 15) is 22.8 Å². The second kappa shape index (κ2) is 24.7. The maximum absolute atomic E-state index is 13.2. The molecular weight excluding hydrogens is 701 g/mol. The van der Waals surface area contributed by atoms with Gasteiger partial charge in [-0.1, -0.05) is 101 Å². The number of hydrogen-bond donors (Lipinski definition) is 3. The largest absolute Gasteiger partial charge is 0.460 e. The SMILES string of the molecule is CCCCCCCCCCCCCCN1C(=NC(=O)c2ccc(SC=N)cc2)SC(C(=O)NCCC(=O)OC(C)(C)C)C1C.COS(=O)(=O)O. The molecule has 15 heteroatoms. The van der Waals surface area contributed by atoms with Crippen LogP contribution in [0.2, 0.25) is 0 Å². The summed E-state index contributed by atoms with van der Waals surface area (Å²) in [5.41, 5.74) is 1.15. The minimum absolute atomic E-state index is 0.100. The fourth-order valence-corrected chi connectivity index (χ4v) is 6.80. The molecule has 1 aliphatic rings. The number of benzene rings is 1. The molecule has 1 aliphatic heterocycles. The Labute approximate surface area is 308 Å². The molecule has 1 fully saturated rings. The summed E-state index contributed by atoms with van der Waals surface area (Å²) in [6.45, 7) is 10.6. The van der Waals surface area contributed by atoms with Crippen LogP contribution in [0.4, 0.5) is 0 Å². The average Bonchev–Trinajstić information content (AvgIpc) is 3.35. The van der Waals surface area contributed by atoms with Crippen molar-refractivity contribution in [3.8, 4) is 0 Å². The Bertz CT molecular complexity index is 1320. The normalized spacial score (nSPS) is 16.9. The van der Waals surface area contributed by atoms with Crippen LogP contribution >= 0.6 is 23.5 Å². The summed E-state index contributed by atoms with van der Waals surface area (Å²) in [6.07, 6.45) is 15.3. The van der Waals surface area contributed by atoms with Crippen molar-refractivity contribution in [2.45, 2.75) is 140 Å². The third kappa shape index (κ3) is 20.4. The summed E-state index contributed by atoms with van der Waals surface area (Å²) >= 11 is 2.59. The van der Waals surface area contributed by atoms with Crippen LogP contribution < -0.4 is 5.32 Å². The fraction of sp³-hybridized carbons (Fsp3) is 0.686. The lowest BCUT2D eigenvalue weighted by Crippen LogP contribution is -2.43. The van der Waals surface area contributed by atoms with E-state index in [2.05, 4.69) is 26.3 Å². The summed E-state index contributed by atoms with van der Waals surface area (Å²) in [6, 6.07) is 6.90. The molecule has 2 unspecified atom stereocenters. The zero-order valence-electron chi connectivity index (χ0n) is 30.6. The zero-order valence-corrected chi connectivity index (χ0v) is 33.0.